The highest BCUT2D eigenvalue weighted by Gasteiger charge is 2.26. The SMILES string of the molecule is CCOc1cc(C=C2Cc3c(O)cccc3C2=O)ccc1O. The molecule has 0 radical (unpaired) electrons. The lowest BCUT2D eigenvalue weighted by molar-refractivity contribution is 0.104. The zero-order valence-electron chi connectivity index (χ0n) is 12.2. The van der Waals surface area contributed by atoms with Crippen molar-refractivity contribution < 1.29 is 19.7 Å². The summed E-state index contributed by atoms with van der Waals surface area (Å²) in [6, 6.07) is 9.94. The van der Waals surface area contributed by atoms with Gasteiger partial charge < -0.3 is 14.9 Å². The second kappa shape index (κ2) is 5.56. The summed E-state index contributed by atoms with van der Waals surface area (Å²) < 4.78 is 5.35. The maximum absolute atomic E-state index is 12.4. The van der Waals surface area contributed by atoms with Crippen LogP contribution in [0.3, 0.4) is 0 Å². The number of rotatable bonds is 3. The van der Waals surface area contributed by atoms with Crippen LogP contribution in [-0.4, -0.2) is 22.6 Å². The van der Waals surface area contributed by atoms with Crippen molar-refractivity contribution in [3.05, 3.63) is 58.7 Å². The van der Waals surface area contributed by atoms with E-state index in [1.807, 2.05) is 6.92 Å². The van der Waals surface area contributed by atoms with Crippen molar-refractivity contribution in [1.82, 2.24) is 0 Å². The van der Waals surface area contributed by atoms with Crippen LogP contribution in [0, 0.1) is 0 Å². The van der Waals surface area contributed by atoms with Gasteiger partial charge in [0.25, 0.3) is 0 Å². The fourth-order valence-corrected chi connectivity index (χ4v) is 2.63. The first-order chi connectivity index (χ1) is 10.6. The van der Waals surface area contributed by atoms with Crippen molar-refractivity contribution in [2.75, 3.05) is 6.61 Å². The van der Waals surface area contributed by atoms with E-state index in [-0.39, 0.29) is 17.3 Å². The topological polar surface area (TPSA) is 66.8 Å². The highest BCUT2D eigenvalue weighted by atomic mass is 16.5. The Kier molecular flexibility index (Phi) is 3.59. The monoisotopic (exact) mass is 296 g/mol. The molecule has 0 aromatic heterocycles. The summed E-state index contributed by atoms with van der Waals surface area (Å²) in [6.07, 6.45) is 2.18. The average Bonchev–Trinajstić information content (AvgIpc) is 2.81. The molecule has 0 atom stereocenters. The van der Waals surface area contributed by atoms with Gasteiger partial charge in [-0.05, 0) is 36.8 Å². The predicted molar refractivity (Wildman–Crippen MR) is 83.4 cm³/mol. The molecule has 0 bridgehead atoms. The number of Topliss-reactive ketones (excluding diaryl/α,β-unsaturated/α-hetero) is 1. The molecule has 0 saturated carbocycles. The van der Waals surface area contributed by atoms with Gasteiger partial charge in [0.05, 0.1) is 6.61 Å². The largest absolute Gasteiger partial charge is 0.508 e. The van der Waals surface area contributed by atoms with Crippen LogP contribution < -0.4 is 4.74 Å². The highest BCUT2D eigenvalue weighted by Crippen LogP contribution is 2.34. The number of phenolic OH excluding ortho intramolecular Hbond substituents is 2. The van der Waals surface area contributed by atoms with Gasteiger partial charge in [0.15, 0.2) is 17.3 Å². The van der Waals surface area contributed by atoms with Gasteiger partial charge in [-0.3, -0.25) is 4.79 Å². The average molecular weight is 296 g/mol. The molecule has 2 N–H and O–H groups in total. The standard InChI is InChI=1S/C18H16O4/c1-2-22-17-9-11(6-7-16(17)20)8-12-10-14-13(18(12)21)4-3-5-15(14)19/h3-9,19-20H,2,10H2,1H3. The number of allylic oxidation sites excluding steroid dienone is 1. The number of carbonyl (C=O) groups is 1. The molecule has 1 aliphatic carbocycles. The van der Waals surface area contributed by atoms with Crippen LogP contribution in [0.15, 0.2) is 42.0 Å². The minimum Gasteiger partial charge on any atom is -0.508 e. The Bertz CT molecular complexity index is 775. The molecule has 0 spiro atoms. The van der Waals surface area contributed by atoms with Gasteiger partial charge in [-0.15, -0.1) is 0 Å². The fraction of sp³-hybridized carbons (Fsp3) is 0.167. The Hall–Kier alpha value is -2.75. The molecule has 0 fully saturated rings. The third kappa shape index (κ3) is 2.44. The number of fused-ring (bicyclic) bond motifs is 1. The maximum atomic E-state index is 12.4. The van der Waals surface area contributed by atoms with Crippen LogP contribution in [0.4, 0.5) is 0 Å². The van der Waals surface area contributed by atoms with Gasteiger partial charge in [0, 0.05) is 23.1 Å². The van der Waals surface area contributed by atoms with Crippen LogP contribution in [0.5, 0.6) is 17.2 Å². The number of benzene rings is 2. The van der Waals surface area contributed by atoms with Crippen molar-refractivity contribution >= 4 is 11.9 Å². The van der Waals surface area contributed by atoms with E-state index < -0.39 is 0 Å². The molecule has 0 unspecified atom stereocenters. The molecule has 0 saturated heterocycles. The van der Waals surface area contributed by atoms with Gasteiger partial charge in [-0.1, -0.05) is 18.2 Å². The van der Waals surface area contributed by atoms with Crippen LogP contribution in [0.25, 0.3) is 6.08 Å². The third-order valence-corrected chi connectivity index (χ3v) is 3.68. The Morgan fingerprint density at radius 3 is 2.73 bits per heavy atom. The van der Waals surface area contributed by atoms with E-state index in [1.54, 1.807) is 42.5 Å². The number of ether oxygens (including phenoxy) is 1. The predicted octanol–water partition coefficient (Wildman–Crippen LogP) is 3.32. The van der Waals surface area contributed by atoms with Crippen LogP contribution >= 0.6 is 0 Å². The van der Waals surface area contributed by atoms with Gasteiger partial charge in [-0.2, -0.15) is 0 Å². The molecular weight excluding hydrogens is 280 g/mol. The first-order valence-electron chi connectivity index (χ1n) is 7.12. The molecule has 3 rings (SSSR count). The molecular formula is C18H16O4. The Labute approximate surface area is 128 Å². The Morgan fingerprint density at radius 1 is 1.18 bits per heavy atom. The van der Waals surface area contributed by atoms with Crippen molar-refractivity contribution in [2.45, 2.75) is 13.3 Å². The minimum absolute atomic E-state index is 0.0719. The number of hydrogen-bond donors (Lipinski definition) is 2. The molecule has 1 aliphatic rings. The second-order valence-electron chi connectivity index (χ2n) is 5.14. The van der Waals surface area contributed by atoms with Gasteiger partial charge in [0.1, 0.15) is 5.75 Å². The molecule has 2 aromatic rings. The normalized spacial score (nSPS) is 15.1. The molecule has 0 heterocycles. The van der Waals surface area contributed by atoms with Crippen LogP contribution in [0.1, 0.15) is 28.4 Å². The van der Waals surface area contributed by atoms with Crippen molar-refractivity contribution in [2.24, 2.45) is 0 Å². The zero-order valence-corrected chi connectivity index (χ0v) is 12.2. The molecule has 4 nitrogen and oxygen atoms in total. The number of aromatic hydroxyl groups is 2. The first-order valence-corrected chi connectivity index (χ1v) is 7.12. The summed E-state index contributed by atoms with van der Waals surface area (Å²) >= 11 is 0. The zero-order chi connectivity index (χ0) is 15.7. The van der Waals surface area contributed by atoms with Crippen molar-refractivity contribution in [1.29, 1.82) is 0 Å². The summed E-state index contributed by atoms with van der Waals surface area (Å²) in [5.41, 5.74) is 2.61. The lowest BCUT2D eigenvalue weighted by Gasteiger charge is -2.06. The number of hydrogen-bond acceptors (Lipinski definition) is 4. The number of ketones is 1. The second-order valence-corrected chi connectivity index (χ2v) is 5.14. The first kappa shape index (κ1) is 14.2. The summed E-state index contributed by atoms with van der Waals surface area (Å²) in [6.45, 7) is 2.29. The highest BCUT2D eigenvalue weighted by molar-refractivity contribution is 6.16. The van der Waals surface area contributed by atoms with Gasteiger partial charge in [0.2, 0.25) is 0 Å². The smallest absolute Gasteiger partial charge is 0.189 e. The van der Waals surface area contributed by atoms with E-state index in [0.717, 1.165) is 5.56 Å². The van der Waals surface area contributed by atoms with E-state index in [2.05, 4.69) is 0 Å². The number of phenols is 2. The third-order valence-electron chi connectivity index (χ3n) is 3.68. The van der Waals surface area contributed by atoms with Crippen LogP contribution in [-0.2, 0) is 6.42 Å². The van der Waals surface area contributed by atoms with Gasteiger partial charge >= 0.3 is 0 Å². The van der Waals surface area contributed by atoms with Gasteiger partial charge in [-0.25, -0.2) is 0 Å². The minimum atomic E-state index is -0.0723. The molecule has 0 aliphatic heterocycles. The Morgan fingerprint density at radius 2 is 2.00 bits per heavy atom. The molecule has 22 heavy (non-hydrogen) atoms. The molecule has 4 heteroatoms. The number of carbonyl (C=O) groups excluding carboxylic acids is 1. The molecule has 112 valence electrons. The van der Waals surface area contributed by atoms with E-state index >= 15 is 0 Å². The summed E-state index contributed by atoms with van der Waals surface area (Å²) in [5, 5.41) is 19.6. The lowest BCUT2D eigenvalue weighted by Crippen LogP contribution is -1.95. The maximum Gasteiger partial charge on any atom is 0.189 e. The summed E-state index contributed by atoms with van der Waals surface area (Å²) in [7, 11) is 0. The van der Waals surface area contributed by atoms with E-state index in [0.29, 0.717) is 35.5 Å². The quantitative estimate of drug-likeness (QED) is 0.853. The van der Waals surface area contributed by atoms with E-state index in [4.69, 9.17) is 4.74 Å². The van der Waals surface area contributed by atoms with Crippen LogP contribution in [0.2, 0.25) is 0 Å². The molecule has 0 amide bonds. The summed E-state index contributed by atoms with van der Waals surface area (Å²) in [4.78, 5) is 12.4. The van der Waals surface area contributed by atoms with E-state index in [1.165, 1.54) is 0 Å². The van der Waals surface area contributed by atoms with E-state index in [9.17, 15) is 15.0 Å². The van der Waals surface area contributed by atoms with Crippen molar-refractivity contribution in [3.63, 3.8) is 0 Å². The summed E-state index contributed by atoms with van der Waals surface area (Å²) in [5.74, 6) is 0.539. The Balaban J connectivity index is 1.96. The lowest BCUT2D eigenvalue weighted by atomic mass is 10.1. The van der Waals surface area contributed by atoms with Crippen molar-refractivity contribution in [3.8, 4) is 17.2 Å². The fourth-order valence-electron chi connectivity index (χ4n) is 2.63. The molecule has 2 aromatic carbocycles.